The first-order valence-corrected chi connectivity index (χ1v) is 4.90. The molecule has 0 bridgehead atoms. The van der Waals surface area contributed by atoms with Gasteiger partial charge in [-0.3, -0.25) is 9.59 Å². The molecule has 0 unspecified atom stereocenters. The zero-order valence-electron chi connectivity index (χ0n) is 7.24. The second kappa shape index (κ2) is 4.81. The first-order valence-electron chi connectivity index (χ1n) is 3.92. The van der Waals surface area contributed by atoms with Crippen molar-refractivity contribution in [3.8, 4) is 0 Å². The monoisotopic (exact) mass is 198 g/mol. The summed E-state index contributed by atoms with van der Waals surface area (Å²) >= 11 is 1.25. The zero-order chi connectivity index (χ0) is 9.68. The van der Waals surface area contributed by atoms with Crippen LogP contribution in [-0.4, -0.2) is 21.5 Å². The predicted octanol–water partition coefficient (Wildman–Crippen LogP) is 0.841. The van der Waals surface area contributed by atoms with Crippen molar-refractivity contribution >= 4 is 17.5 Å². The van der Waals surface area contributed by atoms with E-state index in [0.717, 1.165) is 0 Å². The molecule has 1 aromatic heterocycles. The van der Waals surface area contributed by atoms with Crippen molar-refractivity contribution in [2.75, 3.05) is 5.75 Å². The van der Waals surface area contributed by atoms with Gasteiger partial charge in [-0.15, -0.1) is 0 Å². The number of ketones is 1. The van der Waals surface area contributed by atoms with Crippen molar-refractivity contribution in [3.05, 3.63) is 22.6 Å². The highest BCUT2D eigenvalue weighted by Gasteiger charge is 2.01. The van der Waals surface area contributed by atoms with Gasteiger partial charge >= 0.3 is 0 Å². The van der Waals surface area contributed by atoms with Crippen molar-refractivity contribution in [3.63, 3.8) is 0 Å². The Kier molecular flexibility index (Phi) is 3.70. The molecule has 0 saturated heterocycles. The first-order chi connectivity index (χ1) is 6.22. The molecular formula is C8H10N2O2S. The fraction of sp³-hybridized carbons (Fsp3) is 0.375. The molecule has 0 aliphatic rings. The summed E-state index contributed by atoms with van der Waals surface area (Å²) in [5.74, 6) is 0.514. The van der Waals surface area contributed by atoms with Gasteiger partial charge in [-0.05, 0) is 0 Å². The SMILES string of the molecule is CCC(=O)CSc1nccc(=O)[nH]1. The Hall–Kier alpha value is -1.10. The lowest BCUT2D eigenvalue weighted by atomic mass is 10.4. The number of carbonyl (C=O) groups is 1. The molecule has 5 heteroatoms. The van der Waals surface area contributed by atoms with E-state index in [0.29, 0.717) is 17.3 Å². The normalized spacial score (nSPS) is 9.92. The van der Waals surface area contributed by atoms with Crippen molar-refractivity contribution < 1.29 is 4.79 Å². The summed E-state index contributed by atoms with van der Waals surface area (Å²) in [6.07, 6.45) is 1.95. The predicted molar refractivity (Wildman–Crippen MR) is 50.9 cm³/mol. The molecule has 0 aliphatic heterocycles. The van der Waals surface area contributed by atoms with Gasteiger partial charge in [0.05, 0.1) is 5.75 Å². The van der Waals surface area contributed by atoms with Crippen LogP contribution in [0.2, 0.25) is 0 Å². The van der Waals surface area contributed by atoms with Crippen LogP contribution in [-0.2, 0) is 4.79 Å². The number of hydrogen-bond donors (Lipinski definition) is 1. The molecule has 1 heterocycles. The maximum atomic E-state index is 10.9. The summed E-state index contributed by atoms with van der Waals surface area (Å²) in [5, 5.41) is 0.495. The van der Waals surface area contributed by atoms with Gasteiger partial charge < -0.3 is 4.98 Å². The Balaban J connectivity index is 2.55. The molecular weight excluding hydrogens is 188 g/mol. The highest BCUT2D eigenvalue weighted by Crippen LogP contribution is 2.09. The lowest BCUT2D eigenvalue weighted by Gasteiger charge is -1.96. The summed E-state index contributed by atoms with van der Waals surface area (Å²) in [6.45, 7) is 1.81. The van der Waals surface area contributed by atoms with Gasteiger partial charge in [0.25, 0.3) is 5.56 Å². The lowest BCUT2D eigenvalue weighted by molar-refractivity contribution is -0.116. The van der Waals surface area contributed by atoms with Gasteiger partial charge in [-0.2, -0.15) is 0 Å². The Morgan fingerprint density at radius 2 is 2.46 bits per heavy atom. The van der Waals surface area contributed by atoms with E-state index in [9.17, 15) is 9.59 Å². The number of thioether (sulfide) groups is 1. The Bertz CT molecular complexity index is 348. The molecule has 13 heavy (non-hydrogen) atoms. The van der Waals surface area contributed by atoms with Crippen LogP contribution < -0.4 is 5.56 Å². The van der Waals surface area contributed by atoms with E-state index in [1.165, 1.54) is 24.0 Å². The third-order valence-electron chi connectivity index (χ3n) is 1.41. The summed E-state index contributed by atoms with van der Waals surface area (Å²) in [5.41, 5.74) is -0.193. The molecule has 1 N–H and O–H groups in total. The maximum Gasteiger partial charge on any atom is 0.251 e. The van der Waals surface area contributed by atoms with Crippen LogP contribution in [0.3, 0.4) is 0 Å². The number of rotatable bonds is 4. The van der Waals surface area contributed by atoms with Crippen LogP contribution in [0.5, 0.6) is 0 Å². The van der Waals surface area contributed by atoms with Gasteiger partial charge in [0.1, 0.15) is 5.78 Å². The second-order valence-electron chi connectivity index (χ2n) is 2.42. The molecule has 1 rings (SSSR count). The van der Waals surface area contributed by atoms with Crippen LogP contribution in [0, 0.1) is 0 Å². The van der Waals surface area contributed by atoms with E-state index in [4.69, 9.17) is 0 Å². The largest absolute Gasteiger partial charge is 0.301 e. The molecule has 0 radical (unpaired) electrons. The Morgan fingerprint density at radius 3 is 3.08 bits per heavy atom. The number of Topliss-reactive ketones (excluding diaryl/α,β-unsaturated/α-hetero) is 1. The number of aromatic nitrogens is 2. The summed E-state index contributed by atoms with van der Waals surface area (Å²) in [4.78, 5) is 28.2. The zero-order valence-corrected chi connectivity index (χ0v) is 8.06. The van der Waals surface area contributed by atoms with E-state index in [1.54, 1.807) is 0 Å². The van der Waals surface area contributed by atoms with E-state index in [-0.39, 0.29) is 11.3 Å². The quantitative estimate of drug-likeness (QED) is 0.575. The lowest BCUT2D eigenvalue weighted by Crippen LogP contribution is -2.07. The van der Waals surface area contributed by atoms with Crippen molar-refractivity contribution in [2.45, 2.75) is 18.5 Å². The third kappa shape index (κ3) is 3.42. The molecule has 0 saturated carbocycles. The second-order valence-corrected chi connectivity index (χ2v) is 3.38. The van der Waals surface area contributed by atoms with E-state index >= 15 is 0 Å². The van der Waals surface area contributed by atoms with Crippen LogP contribution in [0.1, 0.15) is 13.3 Å². The molecule has 0 aliphatic carbocycles. The van der Waals surface area contributed by atoms with E-state index < -0.39 is 0 Å². The number of H-pyrrole nitrogens is 1. The Morgan fingerprint density at radius 1 is 1.69 bits per heavy atom. The fourth-order valence-electron chi connectivity index (χ4n) is 0.676. The van der Waals surface area contributed by atoms with Gasteiger partial charge in [0.15, 0.2) is 5.16 Å². The van der Waals surface area contributed by atoms with Gasteiger partial charge in [-0.25, -0.2) is 4.98 Å². The molecule has 0 aromatic carbocycles. The van der Waals surface area contributed by atoms with Crippen molar-refractivity contribution in [2.24, 2.45) is 0 Å². The molecule has 4 nitrogen and oxygen atoms in total. The molecule has 0 spiro atoms. The molecule has 0 amide bonds. The molecule has 1 aromatic rings. The van der Waals surface area contributed by atoms with Crippen molar-refractivity contribution in [1.29, 1.82) is 0 Å². The van der Waals surface area contributed by atoms with Gasteiger partial charge in [0.2, 0.25) is 0 Å². The molecule has 70 valence electrons. The number of hydrogen-bond acceptors (Lipinski definition) is 4. The topological polar surface area (TPSA) is 62.8 Å². The highest BCUT2D eigenvalue weighted by atomic mass is 32.2. The van der Waals surface area contributed by atoms with Gasteiger partial charge in [0, 0.05) is 18.7 Å². The maximum absolute atomic E-state index is 10.9. The number of aromatic amines is 1. The number of nitrogens with one attached hydrogen (secondary N) is 1. The molecule has 0 fully saturated rings. The van der Waals surface area contributed by atoms with Crippen LogP contribution in [0.4, 0.5) is 0 Å². The summed E-state index contributed by atoms with van der Waals surface area (Å²) in [6, 6.07) is 1.34. The summed E-state index contributed by atoms with van der Waals surface area (Å²) in [7, 11) is 0. The average Bonchev–Trinajstić information content (AvgIpc) is 2.14. The average molecular weight is 198 g/mol. The molecule has 0 atom stereocenters. The minimum Gasteiger partial charge on any atom is -0.301 e. The van der Waals surface area contributed by atoms with Crippen LogP contribution >= 0.6 is 11.8 Å². The third-order valence-corrected chi connectivity index (χ3v) is 2.36. The summed E-state index contributed by atoms with van der Waals surface area (Å²) < 4.78 is 0. The minimum atomic E-state index is -0.193. The first kappa shape index (κ1) is 9.98. The highest BCUT2D eigenvalue weighted by molar-refractivity contribution is 7.99. The van der Waals surface area contributed by atoms with E-state index in [2.05, 4.69) is 9.97 Å². The van der Waals surface area contributed by atoms with Crippen LogP contribution in [0.25, 0.3) is 0 Å². The van der Waals surface area contributed by atoms with Gasteiger partial charge in [-0.1, -0.05) is 18.7 Å². The fourth-order valence-corrected chi connectivity index (χ4v) is 1.49. The van der Waals surface area contributed by atoms with E-state index in [1.807, 2.05) is 6.92 Å². The number of nitrogens with zero attached hydrogens (tertiary/aromatic N) is 1. The smallest absolute Gasteiger partial charge is 0.251 e. The number of carbonyl (C=O) groups excluding carboxylic acids is 1. The van der Waals surface area contributed by atoms with Crippen molar-refractivity contribution in [1.82, 2.24) is 9.97 Å². The standard InChI is InChI=1S/C8H10N2O2S/c1-2-6(11)5-13-8-9-4-3-7(12)10-8/h3-4H,2,5H2,1H3,(H,9,10,12). The van der Waals surface area contributed by atoms with Crippen LogP contribution in [0.15, 0.2) is 22.2 Å². The Labute approximate surface area is 79.8 Å². The minimum absolute atomic E-state index is 0.150.